The van der Waals surface area contributed by atoms with Gasteiger partial charge in [0.1, 0.15) is 5.69 Å². The maximum absolute atomic E-state index is 13.4. The molecule has 2 aromatic carbocycles. The zero-order chi connectivity index (χ0) is 22.3. The smallest absolute Gasteiger partial charge is 0.316 e. The van der Waals surface area contributed by atoms with Crippen LogP contribution in [0.3, 0.4) is 0 Å². The molecular formula is C24H27ClN4O3. The number of nitrogens with zero attached hydrogens (tertiary/aromatic N) is 3. The van der Waals surface area contributed by atoms with Crippen LogP contribution in [-0.2, 0) is 12.8 Å². The van der Waals surface area contributed by atoms with Gasteiger partial charge in [-0.2, -0.15) is 9.78 Å². The van der Waals surface area contributed by atoms with E-state index in [1.807, 2.05) is 18.2 Å². The lowest BCUT2D eigenvalue weighted by Crippen LogP contribution is -2.44. The number of nitrogens with one attached hydrogen (secondary N) is 1. The van der Waals surface area contributed by atoms with E-state index in [4.69, 9.17) is 16.3 Å². The number of rotatable bonds is 8. The predicted molar refractivity (Wildman–Crippen MR) is 126 cm³/mol. The summed E-state index contributed by atoms with van der Waals surface area (Å²) in [4.78, 5) is 15.5. The van der Waals surface area contributed by atoms with Gasteiger partial charge in [0.05, 0.1) is 18.5 Å². The third-order valence-electron chi connectivity index (χ3n) is 5.45. The molecular weight excluding hydrogens is 428 g/mol. The molecule has 1 saturated heterocycles. The summed E-state index contributed by atoms with van der Waals surface area (Å²) in [6.45, 7) is 3.72. The number of benzene rings is 2. The van der Waals surface area contributed by atoms with Gasteiger partial charge < -0.3 is 20.1 Å². The van der Waals surface area contributed by atoms with E-state index in [0.717, 1.165) is 37.3 Å². The van der Waals surface area contributed by atoms with Crippen molar-refractivity contribution in [2.75, 3.05) is 44.3 Å². The monoisotopic (exact) mass is 454 g/mol. The summed E-state index contributed by atoms with van der Waals surface area (Å²) < 4.78 is 7.43. The molecule has 3 aromatic rings. The maximum Gasteiger partial charge on any atom is 0.316 e. The number of halogens is 1. The second kappa shape index (κ2) is 10.6. The standard InChI is InChI=1S/C24H27ClN4O3/c25-20-5-2-6-21(16-20)29-24(31)23(22(17-27-29)28-11-9-26-10-12-28)32-14-8-19-4-1-3-18(15-19)7-13-30/h1-6,15-17,26,30H,7-14H2. The largest absolute Gasteiger partial charge is 0.486 e. The molecule has 1 aliphatic rings. The molecule has 4 rings (SSSR count). The number of aliphatic hydroxyl groups excluding tert-OH is 1. The van der Waals surface area contributed by atoms with Crippen molar-refractivity contribution in [1.29, 1.82) is 0 Å². The zero-order valence-electron chi connectivity index (χ0n) is 17.8. The van der Waals surface area contributed by atoms with Crippen molar-refractivity contribution < 1.29 is 9.84 Å². The van der Waals surface area contributed by atoms with Gasteiger partial charge in [-0.15, -0.1) is 0 Å². The molecule has 0 amide bonds. The van der Waals surface area contributed by atoms with Crippen LogP contribution in [0.4, 0.5) is 5.69 Å². The quantitative estimate of drug-likeness (QED) is 0.544. The Balaban J connectivity index is 1.61. The fraction of sp³-hybridized carbons (Fsp3) is 0.333. The van der Waals surface area contributed by atoms with Gasteiger partial charge in [-0.1, -0.05) is 41.9 Å². The molecule has 0 radical (unpaired) electrons. The van der Waals surface area contributed by atoms with E-state index in [-0.39, 0.29) is 12.2 Å². The van der Waals surface area contributed by atoms with E-state index in [1.54, 1.807) is 30.5 Å². The molecule has 32 heavy (non-hydrogen) atoms. The first kappa shape index (κ1) is 22.3. The zero-order valence-corrected chi connectivity index (χ0v) is 18.6. The molecule has 0 spiro atoms. The van der Waals surface area contributed by atoms with Crippen LogP contribution >= 0.6 is 11.6 Å². The summed E-state index contributed by atoms with van der Waals surface area (Å²) in [6.07, 6.45) is 2.97. The van der Waals surface area contributed by atoms with E-state index in [0.29, 0.717) is 41.6 Å². The van der Waals surface area contributed by atoms with Gasteiger partial charge in [0, 0.05) is 44.2 Å². The molecule has 0 aliphatic carbocycles. The summed E-state index contributed by atoms with van der Waals surface area (Å²) >= 11 is 6.12. The Bertz CT molecular complexity index is 1110. The summed E-state index contributed by atoms with van der Waals surface area (Å²) in [5.41, 5.74) is 3.18. The van der Waals surface area contributed by atoms with Crippen molar-refractivity contribution in [3.05, 3.63) is 81.2 Å². The molecule has 1 aromatic heterocycles. The van der Waals surface area contributed by atoms with Gasteiger partial charge in [0.25, 0.3) is 0 Å². The SMILES string of the molecule is O=c1c(OCCc2cccc(CCO)c2)c(N2CCNCC2)cnn1-c1cccc(Cl)c1. The summed E-state index contributed by atoms with van der Waals surface area (Å²) in [6, 6.07) is 15.1. The highest BCUT2D eigenvalue weighted by atomic mass is 35.5. The molecule has 7 nitrogen and oxygen atoms in total. The summed E-state index contributed by atoms with van der Waals surface area (Å²) in [5.74, 6) is 0.299. The van der Waals surface area contributed by atoms with E-state index in [2.05, 4.69) is 21.4 Å². The average molecular weight is 455 g/mol. The van der Waals surface area contributed by atoms with Crippen molar-refractivity contribution in [3.63, 3.8) is 0 Å². The fourth-order valence-corrected chi connectivity index (χ4v) is 4.01. The van der Waals surface area contributed by atoms with Gasteiger partial charge >= 0.3 is 5.56 Å². The molecule has 0 bridgehead atoms. The topological polar surface area (TPSA) is 79.6 Å². The molecule has 0 atom stereocenters. The Hall–Kier alpha value is -2.87. The van der Waals surface area contributed by atoms with Crippen molar-refractivity contribution >= 4 is 17.3 Å². The van der Waals surface area contributed by atoms with Crippen LogP contribution in [0.1, 0.15) is 11.1 Å². The highest BCUT2D eigenvalue weighted by Crippen LogP contribution is 2.25. The molecule has 1 aliphatic heterocycles. The molecule has 8 heteroatoms. The first-order valence-corrected chi connectivity index (χ1v) is 11.2. The second-order valence-electron chi connectivity index (χ2n) is 7.68. The first-order chi connectivity index (χ1) is 15.7. The van der Waals surface area contributed by atoms with Gasteiger partial charge in [-0.25, -0.2) is 0 Å². The Morgan fingerprint density at radius 3 is 2.56 bits per heavy atom. The van der Waals surface area contributed by atoms with Crippen molar-refractivity contribution in [2.24, 2.45) is 0 Å². The van der Waals surface area contributed by atoms with Crippen LogP contribution in [0.5, 0.6) is 5.75 Å². The van der Waals surface area contributed by atoms with E-state index in [1.165, 1.54) is 4.68 Å². The Kier molecular flexibility index (Phi) is 7.42. The van der Waals surface area contributed by atoms with E-state index < -0.39 is 0 Å². The molecule has 0 saturated carbocycles. The van der Waals surface area contributed by atoms with Crippen molar-refractivity contribution in [2.45, 2.75) is 12.8 Å². The Morgan fingerprint density at radius 1 is 1.06 bits per heavy atom. The number of piperazine rings is 1. The minimum Gasteiger partial charge on any atom is -0.486 e. The van der Waals surface area contributed by atoms with E-state index >= 15 is 0 Å². The van der Waals surface area contributed by atoms with Crippen LogP contribution in [-0.4, -0.2) is 54.3 Å². The Morgan fingerprint density at radius 2 is 1.81 bits per heavy atom. The van der Waals surface area contributed by atoms with Crippen molar-refractivity contribution in [3.8, 4) is 11.4 Å². The minimum atomic E-state index is -0.308. The molecule has 0 unspecified atom stereocenters. The number of hydrogen-bond donors (Lipinski definition) is 2. The van der Waals surface area contributed by atoms with Gasteiger partial charge in [-0.05, 0) is 35.7 Å². The lowest BCUT2D eigenvalue weighted by Gasteiger charge is -2.30. The predicted octanol–water partition coefficient (Wildman–Crippen LogP) is 2.45. The van der Waals surface area contributed by atoms with Gasteiger partial charge in [0.2, 0.25) is 5.75 Å². The van der Waals surface area contributed by atoms with Crippen LogP contribution in [0, 0.1) is 0 Å². The highest BCUT2D eigenvalue weighted by molar-refractivity contribution is 6.30. The van der Waals surface area contributed by atoms with Gasteiger partial charge in [-0.3, -0.25) is 4.79 Å². The molecule has 2 heterocycles. The third-order valence-corrected chi connectivity index (χ3v) is 5.69. The summed E-state index contributed by atoms with van der Waals surface area (Å²) in [5, 5.41) is 17.4. The normalized spacial score (nSPS) is 13.9. The first-order valence-electron chi connectivity index (χ1n) is 10.8. The molecule has 1 fully saturated rings. The molecule has 2 N–H and O–H groups in total. The van der Waals surface area contributed by atoms with Crippen LogP contribution in [0.25, 0.3) is 5.69 Å². The van der Waals surface area contributed by atoms with Crippen LogP contribution in [0.2, 0.25) is 5.02 Å². The number of aromatic nitrogens is 2. The van der Waals surface area contributed by atoms with Crippen LogP contribution in [0.15, 0.2) is 59.5 Å². The second-order valence-corrected chi connectivity index (χ2v) is 8.12. The number of ether oxygens (including phenoxy) is 1. The average Bonchev–Trinajstić information content (AvgIpc) is 2.81. The molecule has 168 valence electrons. The van der Waals surface area contributed by atoms with E-state index in [9.17, 15) is 9.90 Å². The minimum absolute atomic E-state index is 0.119. The number of hydrogen-bond acceptors (Lipinski definition) is 6. The maximum atomic E-state index is 13.4. The Labute approximate surface area is 192 Å². The fourth-order valence-electron chi connectivity index (χ4n) is 3.83. The number of aliphatic hydroxyl groups is 1. The number of anilines is 1. The lowest BCUT2D eigenvalue weighted by molar-refractivity contribution is 0.299. The lowest BCUT2D eigenvalue weighted by atomic mass is 10.1. The van der Waals surface area contributed by atoms with Gasteiger partial charge in [0.15, 0.2) is 0 Å². The van der Waals surface area contributed by atoms with Crippen molar-refractivity contribution in [1.82, 2.24) is 15.1 Å². The highest BCUT2D eigenvalue weighted by Gasteiger charge is 2.21. The third kappa shape index (κ3) is 5.30. The van der Waals surface area contributed by atoms with Crippen LogP contribution < -0.4 is 20.5 Å². The summed E-state index contributed by atoms with van der Waals surface area (Å²) in [7, 11) is 0.